The summed E-state index contributed by atoms with van der Waals surface area (Å²) in [5.74, 6) is 0.552. The predicted molar refractivity (Wildman–Crippen MR) is 160 cm³/mol. The van der Waals surface area contributed by atoms with Gasteiger partial charge >= 0.3 is 0 Å². The summed E-state index contributed by atoms with van der Waals surface area (Å²) in [7, 11) is 0. The first-order valence-electron chi connectivity index (χ1n) is 13.4. The van der Waals surface area contributed by atoms with Crippen LogP contribution in [0.25, 0.3) is 10.4 Å². The van der Waals surface area contributed by atoms with E-state index in [1.165, 1.54) is 0 Å². The first-order chi connectivity index (χ1) is 19.9. The third-order valence-corrected chi connectivity index (χ3v) is 7.26. The largest absolute Gasteiger partial charge is 0.494 e. The number of aliphatic imine (C=N–C) groups is 1. The third-order valence-electron chi connectivity index (χ3n) is 6.69. The second-order valence-corrected chi connectivity index (χ2v) is 10.4. The molecule has 0 spiro atoms. The number of nitrogens with zero attached hydrogens (tertiary/aromatic N) is 4. The van der Waals surface area contributed by atoms with Crippen molar-refractivity contribution in [2.24, 2.45) is 10.1 Å². The van der Waals surface area contributed by atoms with Crippen molar-refractivity contribution < 1.29 is 19.4 Å². The smallest absolute Gasteiger partial charge is 0.252 e. The molecule has 0 saturated carbocycles. The standard InChI is InChI=1S/C30H31Cl2N5O4/c1-2-3-15-34-29(39)30(19-21-7-4-5-8-26(21)36-37-33)27(24-14-11-22(31)18-25(24)32)41-28(35-30)20-9-12-23(13-10-20)40-17-6-16-38/h4-5,7-14,18,27,38H,2-3,6,15-17,19H2,1H3,(H,34,39)/t27-,30-/m1/s1. The molecule has 2 atom stereocenters. The van der Waals surface area contributed by atoms with Gasteiger partial charge in [-0.25, -0.2) is 4.99 Å². The minimum atomic E-state index is -1.49. The highest BCUT2D eigenvalue weighted by atomic mass is 35.5. The fraction of sp³-hybridized carbons (Fsp3) is 0.333. The Hall–Kier alpha value is -3.75. The van der Waals surface area contributed by atoms with Crippen molar-refractivity contribution in [2.45, 2.75) is 44.2 Å². The number of carbonyl (C=O) groups excluding carboxylic acids is 1. The SMILES string of the molecule is CCCCNC(=O)[C@]1(Cc2ccccc2N=[N+]=[N-])N=C(c2ccc(OCCCO)cc2)O[C@@H]1c1ccc(Cl)cc1Cl. The zero-order valence-electron chi connectivity index (χ0n) is 22.6. The molecule has 11 heteroatoms. The normalized spacial score (nSPS) is 17.8. The van der Waals surface area contributed by atoms with Gasteiger partial charge in [-0.2, -0.15) is 0 Å². The van der Waals surface area contributed by atoms with Gasteiger partial charge in [0.05, 0.1) is 6.61 Å². The molecule has 0 radical (unpaired) electrons. The van der Waals surface area contributed by atoms with Crippen LogP contribution in [0.2, 0.25) is 10.0 Å². The van der Waals surface area contributed by atoms with E-state index in [0.29, 0.717) is 57.7 Å². The molecule has 3 aromatic rings. The van der Waals surface area contributed by atoms with Crippen LogP contribution in [0, 0.1) is 0 Å². The zero-order valence-corrected chi connectivity index (χ0v) is 24.1. The van der Waals surface area contributed by atoms with Crippen LogP contribution < -0.4 is 10.1 Å². The van der Waals surface area contributed by atoms with E-state index in [-0.39, 0.29) is 24.8 Å². The van der Waals surface area contributed by atoms with Crippen molar-refractivity contribution in [1.29, 1.82) is 0 Å². The lowest BCUT2D eigenvalue weighted by atomic mass is 9.81. The number of carbonyl (C=O) groups is 1. The number of amides is 1. The predicted octanol–water partition coefficient (Wildman–Crippen LogP) is 7.11. The van der Waals surface area contributed by atoms with Gasteiger partial charge in [-0.3, -0.25) is 4.79 Å². The van der Waals surface area contributed by atoms with Crippen LogP contribution in [-0.4, -0.2) is 42.2 Å². The number of nitrogens with one attached hydrogen (secondary N) is 1. The van der Waals surface area contributed by atoms with Crippen molar-refractivity contribution in [3.63, 3.8) is 0 Å². The lowest BCUT2D eigenvalue weighted by Crippen LogP contribution is -2.50. The Morgan fingerprint density at radius 3 is 2.66 bits per heavy atom. The van der Waals surface area contributed by atoms with E-state index in [9.17, 15) is 4.79 Å². The van der Waals surface area contributed by atoms with Crippen molar-refractivity contribution in [1.82, 2.24) is 5.32 Å². The number of halogens is 2. The molecule has 0 fully saturated rings. The highest BCUT2D eigenvalue weighted by Crippen LogP contribution is 2.46. The lowest BCUT2D eigenvalue weighted by molar-refractivity contribution is -0.128. The Morgan fingerprint density at radius 2 is 1.95 bits per heavy atom. The third kappa shape index (κ3) is 7.13. The van der Waals surface area contributed by atoms with Gasteiger partial charge in [-0.1, -0.05) is 72.0 Å². The first kappa shape index (κ1) is 30.2. The number of unbranched alkanes of at least 4 members (excludes halogenated alkanes) is 1. The lowest BCUT2D eigenvalue weighted by Gasteiger charge is -2.31. The molecule has 214 valence electrons. The minimum absolute atomic E-state index is 0.0442. The molecule has 1 aliphatic heterocycles. The molecule has 9 nitrogen and oxygen atoms in total. The van der Waals surface area contributed by atoms with Gasteiger partial charge in [0.15, 0.2) is 11.6 Å². The van der Waals surface area contributed by atoms with E-state index in [1.54, 1.807) is 60.7 Å². The number of aliphatic hydroxyl groups excluding tert-OH is 1. The molecule has 3 aromatic carbocycles. The van der Waals surface area contributed by atoms with Gasteiger partial charge in [0.2, 0.25) is 5.90 Å². The maximum Gasteiger partial charge on any atom is 0.252 e. The van der Waals surface area contributed by atoms with Gasteiger partial charge in [0.25, 0.3) is 5.91 Å². The Kier molecular flexibility index (Phi) is 10.5. The van der Waals surface area contributed by atoms with Crippen molar-refractivity contribution >= 4 is 40.7 Å². The van der Waals surface area contributed by atoms with E-state index < -0.39 is 11.6 Å². The summed E-state index contributed by atoms with van der Waals surface area (Å²) in [6.45, 7) is 2.93. The van der Waals surface area contributed by atoms with E-state index in [4.69, 9.17) is 48.3 Å². The van der Waals surface area contributed by atoms with E-state index in [1.807, 2.05) is 13.0 Å². The Labute approximate surface area is 248 Å². The Bertz CT molecular complexity index is 1440. The second kappa shape index (κ2) is 14.2. The van der Waals surface area contributed by atoms with Crippen molar-refractivity contribution in [3.8, 4) is 5.75 Å². The maximum absolute atomic E-state index is 14.1. The summed E-state index contributed by atoms with van der Waals surface area (Å²) in [6.07, 6.45) is 1.38. The van der Waals surface area contributed by atoms with Crippen LogP contribution in [0.1, 0.15) is 49.0 Å². The van der Waals surface area contributed by atoms with Gasteiger partial charge in [-0.05, 0) is 53.9 Å². The molecule has 0 aromatic heterocycles. The highest BCUT2D eigenvalue weighted by Gasteiger charge is 2.54. The summed E-state index contributed by atoms with van der Waals surface area (Å²) in [6, 6.07) is 19.3. The van der Waals surface area contributed by atoms with Gasteiger partial charge in [-0.15, -0.1) is 0 Å². The molecule has 2 N–H and O–H groups in total. The summed E-state index contributed by atoms with van der Waals surface area (Å²) >= 11 is 12.9. The van der Waals surface area contributed by atoms with Crippen LogP contribution in [0.3, 0.4) is 0 Å². The van der Waals surface area contributed by atoms with Crippen LogP contribution in [0.15, 0.2) is 76.8 Å². The highest BCUT2D eigenvalue weighted by molar-refractivity contribution is 6.35. The van der Waals surface area contributed by atoms with Gasteiger partial charge in [0.1, 0.15) is 5.75 Å². The molecule has 0 bridgehead atoms. The minimum Gasteiger partial charge on any atom is -0.494 e. The first-order valence-corrected chi connectivity index (χ1v) is 14.1. The van der Waals surface area contributed by atoms with Crippen LogP contribution >= 0.6 is 23.2 Å². The molecule has 0 unspecified atom stereocenters. The summed E-state index contributed by atoms with van der Waals surface area (Å²) in [4.78, 5) is 22.1. The number of aliphatic hydroxyl groups is 1. The summed E-state index contributed by atoms with van der Waals surface area (Å²) in [5.41, 5.74) is 9.89. The number of azide groups is 1. The Morgan fingerprint density at radius 1 is 1.17 bits per heavy atom. The number of ether oxygens (including phenoxy) is 2. The van der Waals surface area contributed by atoms with E-state index in [2.05, 4.69) is 15.3 Å². The quantitative estimate of drug-likeness (QED) is 0.0943. The average molecular weight is 597 g/mol. The zero-order chi connectivity index (χ0) is 29.2. The van der Waals surface area contributed by atoms with Gasteiger partial charge < -0.3 is 19.9 Å². The number of rotatable bonds is 13. The molecule has 0 saturated heterocycles. The van der Waals surface area contributed by atoms with Crippen LogP contribution in [0.4, 0.5) is 5.69 Å². The van der Waals surface area contributed by atoms with E-state index >= 15 is 0 Å². The Balaban J connectivity index is 1.84. The topological polar surface area (TPSA) is 129 Å². The fourth-order valence-corrected chi connectivity index (χ4v) is 5.11. The molecule has 1 amide bonds. The molecule has 0 aliphatic carbocycles. The monoisotopic (exact) mass is 595 g/mol. The fourth-order valence-electron chi connectivity index (χ4n) is 4.60. The maximum atomic E-state index is 14.1. The molecule has 4 rings (SSSR count). The second-order valence-electron chi connectivity index (χ2n) is 9.56. The number of benzene rings is 3. The molecular formula is C30H31Cl2N5O4. The number of hydrogen-bond acceptors (Lipinski definition) is 6. The van der Waals surface area contributed by atoms with Crippen molar-refractivity contribution in [3.05, 3.63) is 104 Å². The molecule has 41 heavy (non-hydrogen) atoms. The molecule has 1 heterocycles. The average Bonchev–Trinajstić information content (AvgIpc) is 3.35. The summed E-state index contributed by atoms with van der Waals surface area (Å²) < 4.78 is 12.1. The van der Waals surface area contributed by atoms with Gasteiger partial charge in [0, 0.05) is 57.8 Å². The van der Waals surface area contributed by atoms with Crippen molar-refractivity contribution in [2.75, 3.05) is 19.8 Å². The molecular weight excluding hydrogens is 565 g/mol. The summed E-state index contributed by atoms with van der Waals surface area (Å²) in [5, 5.41) is 16.7. The number of hydrogen-bond donors (Lipinski definition) is 2. The van der Waals surface area contributed by atoms with E-state index in [0.717, 1.165) is 12.8 Å². The van der Waals surface area contributed by atoms with Crippen LogP contribution in [0.5, 0.6) is 5.75 Å². The molecule has 1 aliphatic rings. The van der Waals surface area contributed by atoms with Crippen LogP contribution in [-0.2, 0) is 16.0 Å².